The van der Waals surface area contributed by atoms with E-state index in [-0.39, 0.29) is 29.9 Å². The molecule has 1 fully saturated rings. The van der Waals surface area contributed by atoms with Gasteiger partial charge in [-0.15, -0.1) is 24.0 Å². The number of H-pyrrole nitrogens is 1. The number of para-hydroxylation sites is 2. The maximum absolute atomic E-state index is 12.4. The van der Waals surface area contributed by atoms with Crippen LogP contribution in [0.1, 0.15) is 16.4 Å². The highest BCUT2D eigenvalue weighted by Crippen LogP contribution is 2.11. The van der Waals surface area contributed by atoms with Crippen LogP contribution in [0, 0.1) is 0 Å². The summed E-state index contributed by atoms with van der Waals surface area (Å²) in [6, 6.07) is 11.5. The molecule has 1 aromatic carbocycles. The van der Waals surface area contributed by atoms with Crippen molar-refractivity contribution in [3.05, 3.63) is 54.2 Å². The number of hydrogen-bond donors (Lipinski definition) is 2. The van der Waals surface area contributed by atoms with Gasteiger partial charge in [0.05, 0.1) is 17.3 Å². The lowest BCUT2D eigenvalue weighted by molar-refractivity contribution is 0.0658. The van der Waals surface area contributed by atoms with E-state index in [1.54, 1.807) is 19.2 Å². The first-order chi connectivity index (χ1) is 13.7. The number of piperazine rings is 1. The van der Waals surface area contributed by atoms with Gasteiger partial charge in [-0.3, -0.25) is 9.79 Å². The zero-order chi connectivity index (χ0) is 19.3. The molecule has 3 heterocycles. The van der Waals surface area contributed by atoms with Crippen molar-refractivity contribution in [2.75, 3.05) is 39.8 Å². The van der Waals surface area contributed by atoms with Crippen molar-refractivity contribution in [2.45, 2.75) is 6.42 Å². The fourth-order valence-corrected chi connectivity index (χ4v) is 3.43. The quantitative estimate of drug-likeness (QED) is 0.321. The summed E-state index contributed by atoms with van der Waals surface area (Å²) in [6.07, 6.45) is 2.31. The number of nitrogens with one attached hydrogen (secondary N) is 2. The topological polar surface area (TPSA) is 89.8 Å². The molecule has 1 saturated heterocycles. The Hall–Kier alpha value is -2.56. The maximum atomic E-state index is 12.4. The highest BCUT2D eigenvalue weighted by Gasteiger charge is 2.25. The van der Waals surface area contributed by atoms with Crippen LogP contribution in [0.15, 0.2) is 52.1 Å². The normalized spacial score (nSPS) is 14.7. The van der Waals surface area contributed by atoms with Crippen LogP contribution >= 0.6 is 24.0 Å². The van der Waals surface area contributed by atoms with Gasteiger partial charge in [-0.05, 0) is 24.3 Å². The maximum Gasteiger partial charge on any atom is 0.289 e. The summed E-state index contributed by atoms with van der Waals surface area (Å²) < 4.78 is 5.21. The van der Waals surface area contributed by atoms with E-state index in [1.165, 1.54) is 6.26 Å². The number of nitrogens with zero attached hydrogens (tertiary/aromatic N) is 4. The fraction of sp³-hybridized carbons (Fsp3) is 0.350. The highest BCUT2D eigenvalue weighted by molar-refractivity contribution is 14.0. The predicted molar refractivity (Wildman–Crippen MR) is 123 cm³/mol. The summed E-state index contributed by atoms with van der Waals surface area (Å²) in [5.41, 5.74) is 2.04. The monoisotopic (exact) mass is 508 g/mol. The number of rotatable bonds is 4. The zero-order valence-corrected chi connectivity index (χ0v) is 18.6. The van der Waals surface area contributed by atoms with Gasteiger partial charge in [-0.2, -0.15) is 0 Å². The first-order valence-electron chi connectivity index (χ1n) is 9.46. The number of fused-ring (bicyclic) bond motifs is 1. The third-order valence-corrected chi connectivity index (χ3v) is 4.89. The SMILES string of the molecule is CN=C(NCCc1nc2ccccc2[nH]1)N1CCN(C(=O)c2ccco2)CC1.I. The molecular weight excluding hydrogens is 483 g/mol. The van der Waals surface area contributed by atoms with Crippen molar-refractivity contribution in [1.29, 1.82) is 0 Å². The molecular formula is C20H25IN6O2. The molecule has 1 aliphatic rings. The fourth-order valence-electron chi connectivity index (χ4n) is 3.43. The van der Waals surface area contributed by atoms with E-state index in [0.29, 0.717) is 18.8 Å². The molecule has 0 radical (unpaired) electrons. The van der Waals surface area contributed by atoms with E-state index < -0.39 is 0 Å². The summed E-state index contributed by atoms with van der Waals surface area (Å²) in [5, 5.41) is 3.40. The van der Waals surface area contributed by atoms with E-state index >= 15 is 0 Å². The van der Waals surface area contributed by atoms with E-state index in [4.69, 9.17) is 4.42 Å². The second-order valence-electron chi connectivity index (χ2n) is 6.68. The molecule has 1 aliphatic heterocycles. The number of aliphatic imine (C=N–C) groups is 1. The number of imidazole rings is 1. The Morgan fingerprint density at radius 1 is 1.17 bits per heavy atom. The predicted octanol–water partition coefficient (Wildman–Crippen LogP) is 2.35. The number of benzene rings is 1. The minimum absolute atomic E-state index is 0. The number of guanidine groups is 1. The third kappa shape index (κ3) is 4.89. The molecule has 0 saturated carbocycles. The van der Waals surface area contributed by atoms with Crippen LogP contribution in [0.4, 0.5) is 0 Å². The first-order valence-corrected chi connectivity index (χ1v) is 9.46. The van der Waals surface area contributed by atoms with Crippen LogP contribution in [0.5, 0.6) is 0 Å². The molecule has 29 heavy (non-hydrogen) atoms. The molecule has 1 amide bonds. The van der Waals surface area contributed by atoms with Gasteiger partial charge in [-0.25, -0.2) is 4.98 Å². The number of aromatic amines is 1. The number of amides is 1. The number of carbonyl (C=O) groups is 1. The molecule has 0 aliphatic carbocycles. The molecule has 2 aromatic heterocycles. The summed E-state index contributed by atoms with van der Waals surface area (Å²) >= 11 is 0. The number of furan rings is 1. The van der Waals surface area contributed by atoms with Gasteiger partial charge in [0.15, 0.2) is 11.7 Å². The Labute approximate surface area is 186 Å². The van der Waals surface area contributed by atoms with Crippen molar-refractivity contribution < 1.29 is 9.21 Å². The average Bonchev–Trinajstić information content (AvgIpc) is 3.40. The largest absolute Gasteiger partial charge is 0.459 e. The van der Waals surface area contributed by atoms with E-state index in [9.17, 15) is 4.79 Å². The van der Waals surface area contributed by atoms with Crippen LogP contribution < -0.4 is 5.32 Å². The van der Waals surface area contributed by atoms with Crippen molar-refractivity contribution >= 4 is 46.9 Å². The molecule has 0 spiro atoms. The third-order valence-electron chi connectivity index (χ3n) is 4.89. The van der Waals surface area contributed by atoms with Gasteiger partial charge in [0.1, 0.15) is 5.82 Å². The average molecular weight is 508 g/mol. The lowest BCUT2D eigenvalue weighted by atomic mass is 10.3. The second-order valence-corrected chi connectivity index (χ2v) is 6.68. The van der Waals surface area contributed by atoms with Gasteiger partial charge >= 0.3 is 0 Å². The van der Waals surface area contributed by atoms with Crippen molar-refractivity contribution in [3.8, 4) is 0 Å². The minimum atomic E-state index is -0.0579. The molecule has 0 atom stereocenters. The molecule has 154 valence electrons. The van der Waals surface area contributed by atoms with E-state index in [2.05, 4.69) is 25.2 Å². The Bertz CT molecular complexity index is 927. The molecule has 0 unspecified atom stereocenters. The van der Waals surface area contributed by atoms with Crippen LogP contribution in [0.3, 0.4) is 0 Å². The molecule has 3 aromatic rings. The lowest BCUT2D eigenvalue weighted by Crippen LogP contribution is -2.54. The van der Waals surface area contributed by atoms with Crippen molar-refractivity contribution in [2.24, 2.45) is 4.99 Å². The Morgan fingerprint density at radius 3 is 2.62 bits per heavy atom. The van der Waals surface area contributed by atoms with Crippen molar-refractivity contribution in [1.82, 2.24) is 25.1 Å². The molecule has 4 rings (SSSR count). The standard InChI is InChI=1S/C20H24N6O2.HI/c1-21-20(22-9-8-18-23-15-5-2-3-6-16(15)24-18)26-12-10-25(11-13-26)19(27)17-7-4-14-28-17;/h2-7,14H,8-13H2,1H3,(H,21,22)(H,23,24);1H. The molecule has 9 heteroatoms. The van der Waals surface area contributed by atoms with Gasteiger partial charge < -0.3 is 24.5 Å². The molecule has 0 bridgehead atoms. The second kappa shape index (κ2) is 9.77. The smallest absolute Gasteiger partial charge is 0.289 e. The van der Waals surface area contributed by atoms with Crippen LogP contribution in [0.25, 0.3) is 11.0 Å². The number of carbonyl (C=O) groups excluding carboxylic acids is 1. The van der Waals surface area contributed by atoms with Gasteiger partial charge in [0, 0.05) is 46.2 Å². The van der Waals surface area contributed by atoms with Gasteiger partial charge in [0.2, 0.25) is 0 Å². The highest BCUT2D eigenvalue weighted by atomic mass is 127. The van der Waals surface area contributed by atoms with Crippen LogP contribution in [-0.4, -0.2) is 71.4 Å². The first kappa shape index (κ1) is 21.2. The Morgan fingerprint density at radius 2 is 1.93 bits per heavy atom. The summed E-state index contributed by atoms with van der Waals surface area (Å²) in [7, 11) is 1.78. The van der Waals surface area contributed by atoms with Crippen molar-refractivity contribution in [3.63, 3.8) is 0 Å². The van der Waals surface area contributed by atoms with E-state index in [0.717, 1.165) is 48.9 Å². The van der Waals surface area contributed by atoms with E-state index in [1.807, 2.05) is 29.2 Å². The summed E-state index contributed by atoms with van der Waals surface area (Å²) in [6.45, 7) is 3.49. The number of halogens is 1. The van der Waals surface area contributed by atoms with Crippen LogP contribution in [0.2, 0.25) is 0 Å². The summed E-state index contributed by atoms with van der Waals surface area (Å²) in [4.78, 5) is 28.7. The number of hydrogen-bond acceptors (Lipinski definition) is 4. The summed E-state index contributed by atoms with van der Waals surface area (Å²) in [5.74, 6) is 2.14. The zero-order valence-electron chi connectivity index (χ0n) is 16.3. The Kier molecular flexibility index (Phi) is 7.13. The van der Waals surface area contributed by atoms with Crippen LogP contribution in [-0.2, 0) is 6.42 Å². The molecule has 8 nitrogen and oxygen atoms in total. The van der Waals surface area contributed by atoms with Gasteiger partial charge in [0.25, 0.3) is 5.91 Å². The van der Waals surface area contributed by atoms with Gasteiger partial charge in [-0.1, -0.05) is 12.1 Å². The Balaban J connectivity index is 0.00000240. The molecule has 2 N–H and O–H groups in total. The lowest BCUT2D eigenvalue weighted by Gasteiger charge is -2.36. The number of aromatic nitrogens is 2. The minimum Gasteiger partial charge on any atom is -0.459 e.